The van der Waals surface area contributed by atoms with E-state index in [1.165, 1.54) is 24.3 Å². The molecule has 2 aromatic carbocycles. The summed E-state index contributed by atoms with van der Waals surface area (Å²) in [5.74, 6) is -1.89. The zero-order valence-corrected chi connectivity index (χ0v) is 15.7. The second-order valence-electron chi connectivity index (χ2n) is 6.09. The fourth-order valence-electron chi connectivity index (χ4n) is 2.27. The summed E-state index contributed by atoms with van der Waals surface area (Å²) < 4.78 is 19.1. The molecule has 0 bridgehead atoms. The van der Waals surface area contributed by atoms with Gasteiger partial charge < -0.3 is 15.4 Å². The van der Waals surface area contributed by atoms with Crippen LogP contribution >= 0.6 is 15.9 Å². The van der Waals surface area contributed by atoms with Crippen LogP contribution in [-0.2, 0) is 14.3 Å². The SMILES string of the molecule is O=C(COC(=O)c1ccc(NC(=O)C2CC2)cc1)Nc1ccc(Br)cc1F. The number of carbonyl (C=O) groups is 3. The Bertz CT molecular complexity index is 882. The van der Waals surface area contributed by atoms with Crippen molar-refractivity contribution in [1.82, 2.24) is 0 Å². The highest BCUT2D eigenvalue weighted by atomic mass is 79.9. The maximum atomic E-state index is 13.7. The van der Waals surface area contributed by atoms with Gasteiger partial charge in [-0.15, -0.1) is 0 Å². The van der Waals surface area contributed by atoms with Crippen LogP contribution < -0.4 is 10.6 Å². The smallest absolute Gasteiger partial charge is 0.338 e. The predicted octanol–water partition coefficient (Wildman–Crippen LogP) is 3.73. The Morgan fingerprint density at radius 1 is 1.07 bits per heavy atom. The molecule has 3 rings (SSSR count). The lowest BCUT2D eigenvalue weighted by molar-refractivity contribution is -0.119. The van der Waals surface area contributed by atoms with Gasteiger partial charge in [0.1, 0.15) is 5.82 Å². The van der Waals surface area contributed by atoms with E-state index in [0.717, 1.165) is 12.8 Å². The van der Waals surface area contributed by atoms with Crippen molar-refractivity contribution in [3.05, 3.63) is 58.3 Å². The highest BCUT2D eigenvalue weighted by molar-refractivity contribution is 9.10. The second-order valence-corrected chi connectivity index (χ2v) is 7.01. The van der Waals surface area contributed by atoms with E-state index in [-0.39, 0.29) is 23.1 Å². The van der Waals surface area contributed by atoms with Crippen molar-refractivity contribution in [2.24, 2.45) is 5.92 Å². The summed E-state index contributed by atoms with van der Waals surface area (Å²) in [6, 6.07) is 10.4. The fraction of sp³-hybridized carbons (Fsp3) is 0.211. The maximum Gasteiger partial charge on any atom is 0.338 e. The average Bonchev–Trinajstić information content (AvgIpc) is 3.48. The molecule has 8 heteroatoms. The Hall–Kier alpha value is -2.74. The molecular formula is C19H16BrFN2O4. The van der Waals surface area contributed by atoms with Crippen LogP contribution in [0.2, 0.25) is 0 Å². The Morgan fingerprint density at radius 2 is 1.78 bits per heavy atom. The molecule has 1 aliphatic rings. The van der Waals surface area contributed by atoms with Crippen molar-refractivity contribution < 1.29 is 23.5 Å². The number of rotatable bonds is 6. The van der Waals surface area contributed by atoms with Gasteiger partial charge in [-0.25, -0.2) is 9.18 Å². The number of amides is 2. The monoisotopic (exact) mass is 434 g/mol. The van der Waals surface area contributed by atoms with Crippen LogP contribution in [-0.4, -0.2) is 24.4 Å². The number of anilines is 2. The minimum Gasteiger partial charge on any atom is -0.452 e. The van der Waals surface area contributed by atoms with E-state index >= 15 is 0 Å². The molecule has 0 radical (unpaired) electrons. The zero-order chi connectivity index (χ0) is 19.4. The highest BCUT2D eigenvalue weighted by Crippen LogP contribution is 2.30. The van der Waals surface area contributed by atoms with E-state index in [1.54, 1.807) is 18.2 Å². The summed E-state index contributed by atoms with van der Waals surface area (Å²) >= 11 is 3.12. The summed E-state index contributed by atoms with van der Waals surface area (Å²) in [7, 11) is 0. The summed E-state index contributed by atoms with van der Waals surface area (Å²) in [4.78, 5) is 35.5. The molecule has 0 unspecified atom stereocenters. The van der Waals surface area contributed by atoms with Crippen molar-refractivity contribution in [2.45, 2.75) is 12.8 Å². The molecule has 1 aliphatic carbocycles. The van der Waals surface area contributed by atoms with Crippen LogP contribution in [0.25, 0.3) is 0 Å². The van der Waals surface area contributed by atoms with Gasteiger partial charge >= 0.3 is 5.97 Å². The number of ether oxygens (including phenoxy) is 1. The zero-order valence-electron chi connectivity index (χ0n) is 14.1. The van der Waals surface area contributed by atoms with Gasteiger partial charge in [0.2, 0.25) is 5.91 Å². The topological polar surface area (TPSA) is 84.5 Å². The van der Waals surface area contributed by atoms with E-state index in [4.69, 9.17) is 4.74 Å². The Kier molecular flexibility index (Phi) is 5.85. The van der Waals surface area contributed by atoms with E-state index in [9.17, 15) is 18.8 Å². The quantitative estimate of drug-likeness (QED) is 0.678. The molecule has 0 aliphatic heterocycles. The lowest BCUT2D eigenvalue weighted by Crippen LogP contribution is -2.21. The van der Waals surface area contributed by atoms with Crippen LogP contribution in [0.3, 0.4) is 0 Å². The molecule has 2 amide bonds. The summed E-state index contributed by atoms with van der Waals surface area (Å²) in [5, 5.41) is 5.09. The molecule has 6 nitrogen and oxygen atoms in total. The van der Waals surface area contributed by atoms with Gasteiger partial charge in [0.15, 0.2) is 6.61 Å². The van der Waals surface area contributed by atoms with Crippen molar-refractivity contribution >= 4 is 45.1 Å². The standard InChI is InChI=1S/C19H16BrFN2O4/c20-13-5-8-16(15(21)9-13)23-17(24)10-27-19(26)12-3-6-14(7-4-12)22-18(25)11-1-2-11/h3-9,11H,1-2,10H2,(H,22,25)(H,23,24). The van der Waals surface area contributed by atoms with E-state index in [0.29, 0.717) is 10.2 Å². The number of carbonyl (C=O) groups excluding carboxylic acids is 3. The van der Waals surface area contributed by atoms with Crippen LogP contribution in [0.5, 0.6) is 0 Å². The fourth-order valence-corrected chi connectivity index (χ4v) is 2.60. The molecular weight excluding hydrogens is 419 g/mol. The molecule has 27 heavy (non-hydrogen) atoms. The molecule has 0 spiro atoms. The Balaban J connectivity index is 1.49. The highest BCUT2D eigenvalue weighted by Gasteiger charge is 2.29. The Labute approximate surface area is 163 Å². The van der Waals surface area contributed by atoms with Crippen molar-refractivity contribution in [2.75, 3.05) is 17.2 Å². The number of hydrogen-bond donors (Lipinski definition) is 2. The minimum absolute atomic E-state index is 0.00462. The van der Waals surface area contributed by atoms with Crippen LogP contribution in [0.1, 0.15) is 23.2 Å². The van der Waals surface area contributed by atoms with Gasteiger partial charge in [0, 0.05) is 16.1 Å². The molecule has 0 aromatic heterocycles. The second kappa shape index (κ2) is 8.30. The van der Waals surface area contributed by atoms with Crippen LogP contribution in [0, 0.1) is 11.7 Å². The first-order chi connectivity index (χ1) is 12.9. The predicted molar refractivity (Wildman–Crippen MR) is 101 cm³/mol. The number of halogens is 2. The lowest BCUT2D eigenvalue weighted by Gasteiger charge is -2.08. The first-order valence-electron chi connectivity index (χ1n) is 8.25. The summed E-state index contributed by atoms with van der Waals surface area (Å²) in [5.41, 5.74) is 0.823. The molecule has 2 aromatic rings. The molecule has 140 valence electrons. The molecule has 2 N–H and O–H groups in total. The minimum atomic E-state index is -0.693. The maximum absolute atomic E-state index is 13.7. The Morgan fingerprint density at radius 3 is 2.41 bits per heavy atom. The first kappa shape index (κ1) is 19.0. The summed E-state index contributed by atoms with van der Waals surface area (Å²) in [6.07, 6.45) is 1.81. The largest absolute Gasteiger partial charge is 0.452 e. The van der Waals surface area contributed by atoms with Gasteiger partial charge in [-0.2, -0.15) is 0 Å². The van der Waals surface area contributed by atoms with Gasteiger partial charge in [-0.3, -0.25) is 9.59 Å². The van der Waals surface area contributed by atoms with E-state index < -0.39 is 24.3 Å². The normalized spacial score (nSPS) is 13.0. The van der Waals surface area contributed by atoms with Gasteiger partial charge in [-0.05, 0) is 55.3 Å². The summed E-state index contributed by atoms with van der Waals surface area (Å²) in [6.45, 7) is -0.547. The van der Waals surface area contributed by atoms with Crippen molar-refractivity contribution in [3.63, 3.8) is 0 Å². The number of hydrogen-bond acceptors (Lipinski definition) is 4. The molecule has 1 fully saturated rings. The first-order valence-corrected chi connectivity index (χ1v) is 9.04. The number of benzene rings is 2. The molecule has 1 saturated carbocycles. The van der Waals surface area contributed by atoms with Crippen molar-refractivity contribution in [3.8, 4) is 0 Å². The molecule has 0 heterocycles. The number of esters is 1. The third kappa shape index (κ3) is 5.37. The van der Waals surface area contributed by atoms with E-state index in [2.05, 4.69) is 26.6 Å². The van der Waals surface area contributed by atoms with Crippen molar-refractivity contribution in [1.29, 1.82) is 0 Å². The van der Waals surface area contributed by atoms with Gasteiger partial charge in [0.05, 0.1) is 11.3 Å². The van der Waals surface area contributed by atoms with Gasteiger partial charge in [-0.1, -0.05) is 15.9 Å². The van der Waals surface area contributed by atoms with Crippen LogP contribution in [0.15, 0.2) is 46.9 Å². The molecule has 0 saturated heterocycles. The molecule has 0 atom stereocenters. The average molecular weight is 435 g/mol. The van der Waals surface area contributed by atoms with Crippen LogP contribution in [0.4, 0.5) is 15.8 Å². The van der Waals surface area contributed by atoms with E-state index in [1.807, 2.05) is 0 Å². The van der Waals surface area contributed by atoms with Gasteiger partial charge in [0.25, 0.3) is 5.91 Å². The third-order valence-electron chi connectivity index (χ3n) is 3.88. The third-order valence-corrected chi connectivity index (χ3v) is 4.37. The lowest BCUT2D eigenvalue weighted by atomic mass is 10.2. The number of nitrogens with one attached hydrogen (secondary N) is 2.